The maximum atomic E-state index is 14.1. The Hall–Kier alpha value is -2.41. The molecular weight excluding hydrogens is 337 g/mol. The summed E-state index contributed by atoms with van der Waals surface area (Å²) >= 11 is 0. The van der Waals surface area contributed by atoms with Crippen LogP contribution >= 0.6 is 0 Å². The number of hydrogen-bond acceptors (Lipinski definition) is 5. The summed E-state index contributed by atoms with van der Waals surface area (Å²) in [6.07, 6.45) is 0.833. The van der Waals surface area contributed by atoms with Crippen molar-refractivity contribution in [3.63, 3.8) is 0 Å². The molecule has 0 unspecified atom stereocenters. The van der Waals surface area contributed by atoms with Crippen molar-refractivity contribution in [2.45, 2.75) is 26.8 Å². The molecule has 0 radical (unpaired) electrons. The van der Waals surface area contributed by atoms with Gasteiger partial charge in [0.25, 0.3) is 0 Å². The van der Waals surface area contributed by atoms with Crippen LogP contribution in [-0.2, 0) is 11.3 Å². The predicted octanol–water partition coefficient (Wildman–Crippen LogP) is 2.76. The number of aromatic nitrogens is 1. The van der Waals surface area contributed by atoms with E-state index in [0.717, 1.165) is 18.7 Å². The van der Waals surface area contributed by atoms with Gasteiger partial charge in [0.1, 0.15) is 17.3 Å². The average molecular weight is 361 g/mol. The molecule has 2 aromatic rings. The molecule has 1 aromatic carbocycles. The molecule has 1 atom stereocenters. The lowest BCUT2D eigenvalue weighted by molar-refractivity contribution is -0.124. The zero-order valence-electron chi connectivity index (χ0n) is 15.3. The van der Waals surface area contributed by atoms with Gasteiger partial charge in [-0.1, -0.05) is 0 Å². The summed E-state index contributed by atoms with van der Waals surface area (Å²) in [6, 6.07) is 4.47. The highest BCUT2D eigenvalue weighted by atomic mass is 19.1. The average Bonchev–Trinajstić information content (AvgIpc) is 3.23. The number of benzene rings is 1. The number of rotatable bonds is 6. The number of aryl methyl sites for hydroxylation is 1. The van der Waals surface area contributed by atoms with Crippen LogP contribution in [0.15, 0.2) is 22.6 Å². The summed E-state index contributed by atoms with van der Waals surface area (Å²) in [6.45, 7) is 6.49. The molecule has 6 nitrogen and oxygen atoms in total. The molecule has 1 N–H and O–H groups in total. The van der Waals surface area contributed by atoms with E-state index in [0.29, 0.717) is 31.1 Å². The normalized spacial score (nSPS) is 17.5. The van der Waals surface area contributed by atoms with Crippen molar-refractivity contribution < 1.29 is 18.3 Å². The number of halogens is 1. The number of carbonyl (C=O) groups is 1. The molecule has 7 heteroatoms. The smallest absolute Gasteiger partial charge is 0.229 e. The Morgan fingerprint density at radius 2 is 2.31 bits per heavy atom. The topological polar surface area (TPSA) is 67.6 Å². The summed E-state index contributed by atoms with van der Waals surface area (Å²) in [4.78, 5) is 18.6. The first-order chi connectivity index (χ1) is 12.5. The fraction of sp³-hybridized carbons (Fsp3) is 0.474. The lowest BCUT2D eigenvalue weighted by Gasteiger charge is -2.14. The summed E-state index contributed by atoms with van der Waals surface area (Å²) in [5.74, 6) is 1.15. The molecule has 0 saturated carbocycles. The van der Waals surface area contributed by atoms with E-state index in [9.17, 15) is 9.18 Å². The minimum atomic E-state index is -0.406. The van der Waals surface area contributed by atoms with Gasteiger partial charge in [0.15, 0.2) is 0 Å². The first-order valence-corrected chi connectivity index (χ1v) is 8.82. The van der Waals surface area contributed by atoms with Gasteiger partial charge < -0.3 is 14.5 Å². The molecule has 140 valence electrons. The van der Waals surface area contributed by atoms with Crippen LogP contribution in [0.1, 0.15) is 24.8 Å². The van der Waals surface area contributed by atoms with Gasteiger partial charge in [-0.25, -0.2) is 9.37 Å². The summed E-state index contributed by atoms with van der Waals surface area (Å²) in [7, 11) is 1.53. The van der Waals surface area contributed by atoms with Crippen molar-refractivity contribution in [2.24, 2.45) is 5.92 Å². The van der Waals surface area contributed by atoms with Crippen LogP contribution in [0.2, 0.25) is 0 Å². The van der Waals surface area contributed by atoms with Crippen LogP contribution < -0.4 is 10.1 Å². The maximum Gasteiger partial charge on any atom is 0.229 e. The van der Waals surface area contributed by atoms with Crippen molar-refractivity contribution in [3.8, 4) is 17.2 Å². The van der Waals surface area contributed by atoms with Gasteiger partial charge in [-0.2, -0.15) is 0 Å². The van der Waals surface area contributed by atoms with Crippen LogP contribution in [0, 0.1) is 18.7 Å². The van der Waals surface area contributed by atoms with Crippen LogP contribution in [0.25, 0.3) is 11.5 Å². The second kappa shape index (κ2) is 7.86. The molecule has 0 spiro atoms. The molecule has 2 heterocycles. The van der Waals surface area contributed by atoms with E-state index in [1.54, 1.807) is 12.1 Å². The fourth-order valence-electron chi connectivity index (χ4n) is 3.21. The Morgan fingerprint density at radius 1 is 1.50 bits per heavy atom. The molecule has 1 amide bonds. The second-order valence-corrected chi connectivity index (χ2v) is 6.48. The molecule has 0 aliphatic carbocycles. The van der Waals surface area contributed by atoms with Crippen molar-refractivity contribution in [1.29, 1.82) is 0 Å². The number of carbonyl (C=O) groups excluding carboxylic acids is 1. The Morgan fingerprint density at radius 3 is 3.04 bits per heavy atom. The second-order valence-electron chi connectivity index (χ2n) is 6.48. The monoisotopic (exact) mass is 361 g/mol. The van der Waals surface area contributed by atoms with Crippen LogP contribution in [0.3, 0.4) is 0 Å². The van der Waals surface area contributed by atoms with E-state index < -0.39 is 5.82 Å². The Kier molecular flexibility index (Phi) is 5.56. The number of methoxy groups -OCH3 is 1. The van der Waals surface area contributed by atoms with Crippen LogP contribution in [0.4, 0.5) is 4.39 Å². The van der Waals surface area contributed by atoms with Gasteiger partial charge in [0, 0.05) is 19.6 Å². The third kappa shape index (κ3) is 3.88. The van der Waals surface area contributed by atoms with Crippen LogP contribution in [-0.4, -0.2) is 42.5 Å². The molecule has 26 heavy (non-hydrogen) atoms. The van der Waals surface area contributed by atoms with E-state index in [4.69, 9.17) is 9.15 Å². The van der Waals surface area contributed by atoms with Gasteiger partial charge in [-0.3, -0.25) is 9.69 Å². The Bertz CT molecular complexity index is 790. The highest BCUT2D eigenvalue weighted by molar-refractivity contribution is 5.79. The van der Waals surface area contributed by atoms with Gasteiger partial charge in [-0.05, 0) is 45.0 Å². The van der Waals surface area contributed by atoms with E-state index >= 15 is 0 Å². The SMILES string of the molecule is CCNC(=O)[C@@H]1CCN(Cc2nc(-c3cc(OC)ccc3F)oc2C)C1. The number of nitrogens with zero attached hydrogens (tertiary/aromatic N) is 2. The number of ether oxygens (including phenoxy) is 1. The highest BCUT2D eigenvalue weighted by Crippen LogP contribution is 2.29. The summed E-state index contributed by atoms with van der Waals surface area (Å²) < 4.78 is 25.0. The molecule has 0 bridgehead atoms. The first-order valence-electron chi connectivity index (χ1n) is 8.82. The van der Waals surface area contributed by atoms with Crippen molar-refractivity contribution in [2.75, 3.05) is 26.7 Å². The fourth-order valence-corrected chi connectivity index (χ4v) is 3.21. The van der Waals surface area contributed by atoms with Gasteiger partial charge in [0.2, 0.25) is 11.8 Å². The predicted molar refractivity (Wildman–Crippen MR) is 95.3 cm³/mol. The number of oxazole rings is 1. The molecular formula is C19H24FN3O3. The third-order valence-corrected chi connectivity index (χ3v) is 4.66. The van der Waals surface area contributed by atoms with Gasteiger partial charge >= 0.3 is 0 Å². The van der Waals surface area contributed by atoms with E-state index in [2.05, 4.69) is 15.2 Å². The maximum absolute atomic E-state index is 14.1. The Labute approximate surface area is 152 Å². The summed E-state index contributed by atoms with van der Waals surface area (Å²) in [5.41, 5.74) is 1.04. The molecule has 1 aliphatic rings. The van der Waals surface area contributed by atoms with Gasteiger partial charge in [0.05, 0.1) is 24.3 Å². The zero-order valence-corrected chi connectivity index (χ0v) is 15.3. The minimum Gasteiger partial charge on any atom is -0.497 e. The minimum absolute atomic E-state index is 0.0115. The van der Waals surface area contributed by atoms with E-state index in [1.807, 2.05) is 13.8 Å². The quantitative estimate of drug-likeness (QED) is 0.857. The van der Waals surface area contributed by atoms with Crippen molar-refractivity contribution >= 4 is 5.91 Å². The van der Waals surface area contributed by atoms with Gasteiger partial charge in [-0.15, -0.1) is 0 Å². The van der Waals surface area contributed by atoms with Crippen molar-refractivity contribution in [3.05, 3.63) is 35.5 Å². The molecule has 1 aliphatic heterocycles. The van der Waals surface area contributed by atoms with Crippen molar-refractivity contribution in [1.82, 2.24) is 15.2 Å². The number of likely N-dealkylation sites (tertiary alicyclic amines) is 1. The van der Waals surface area contributed by atoms with E-state index in [1.165, 1.54) is 13.2 Å². The highest BCUT2D eigenvalue weighted by Gasteiger charge is 2.29. The lowest BCUT2D eigenvalue weighted by atomic mass is 10.1. The molecule has 1 aromatic heterocycles. The Balaban J connectivity index is 1.73. The van der Waals surface area contributed by atoms with Crippen LogP contribution in [0.5, 0.6) is 5.75 Å². The molecule has 3 rings (SSSR count). The zero-order chi connectivity index (χ0) is 18.7. The molecule has 1 saturated heterocycles. The third-order valence-electron chi connectivity index (χ3n) is 4.66. The first kappa shape index (κ1) is 18.4. The lowest BCUT2D eigenvalue weighted by Crippen LogP contribution is -2.32. The van der Waals surface area contributed by atoms with E-state index in [-0.39, 0.29) is 23.3 Å². The number of hydrogen-bond donors (Lipinski definition) is 1. The standard InChI is InChI=1S/C19H24FN3O3/c1-4-21-18(24)13-7-8-23(10-13)11-17-12(2)26-19(22-17)15-9-14(25-3)5-6-16(15)20/h5-6,9,13H,4,7-8,10-11H2,1-3H3,(H,21,24)/t13-/m1/s1. The number of nitrogens with one attached hydrogen (secondary N) is 1. The molecule has 1 fully saturated rings. The number of amides is 1. The largest absolute Gasteiger partial charge is 0.497 e. The summed E-state index contributed by atoms with van der Waals surface area (Å²) in [5, 5.41) is 2.87.